The van der Waals surface area contributed by atoms with Crippen LogP contribution in [0.1, 0.15) is 135 Å². The van der Waals surface area contributed by atoms with E-state index in [-0.39, 0.29) is 43.8 Å². The van der Waals surface area contributed by atoms with Crippen LogP contribution < -0.4 is 21.3 Å². The third-order valence-corrected chi connectivity index (χ3v) is 13.2. The third kappa shape index (κ3) is 11.9. The summed E-state index contributed by atoms with van der Waals surface area (Å²) in [6.45, 7) is 19.4. The minimum absolute atomic E-state index is 0.0444. The van der Waals surface area contributed by atoms with Crippen LogP contribution in [0.25, 0.3) is 0 Å². The summed E-state index contributed by atoms with van der Waals surface area (Å²) in [5, 5.41) is 22.5. The number of fused-ring (bicyclic) bond motifs is 2. The van der Waals surface area contributed by atoms with E-state index in [4.69, 9.17) is 4.74 Å². The molecule has 66 heavy (non-hydrogen) atoms. The number of likely N-dealkylation sites (N-methyl/N-ethyl adjacent to an activating group) is 2. The Morgan fingerprint density at radius 3 is 1.98 bits per heavy atom. The fraction of sp³-hybridized carbons (Fsp3) is 0.620. The standard InChI is InChI=1S/C50H73N7O9/c1-28(51-12)41(58)53-39(48(3,4)5)44(61)56-26-33-23-31(21-22-32(33)24-37(56)43(60)52-36-20-16-18-30-17-14-15-19-35(30)36)34-25-38(46(63)64)57(27-34)45(62)40(49(6,7)8)54-42(59)29(2)55(13)47(65)66-50(9,10)11/h14-15,17,19,21-23,28-29,34,36-40,51H,16,18,20,24-27H2,1-13H3,(H,52,60)(H,53,58)(H,54,59)(H,63,64). The minimum Gasteiger partial charge on any atom is -0.480 e. The highest BCUT2D eigenvalue weighted by Gasteiger charge is 2.47. The first kappa shape index (κ1) is 51.5. The summed E-state index contributed by atoms with van der Waals surface area (Å²) in [5.74, 6) is -3.81. The Labute approximate surface area is 390 Å². The van der Waals surface area contributed by atoms with E-state index in [0.29, 0.717) is 0 Å². The maximum Gasteiger partial charge on any atom is 0.410 e. The van der Waals surface area contributed by atoms with E-state index in [9.17, 15) is 38.7 Å². The molecule has 362 valence electrons. The van der Waals surface area contributed by atoms with Crippen LogP contribution in [0.4, 0.5) is 4.79 Å². The number of carboxylic acids is 1. The van der Waals surface area contributed by atoms with Gasteiger partial charge in [0.05, 0.1) is 12.1 Å². The van der Waals surface area contributed by atoms with Gasteiger partial charge < -0.3 is 40.9 Å². The molecule has 8 unspecified atom stereocenters. The zero-order chi connectivity index (χ0) is 49.2. The van der Waals surface area contributed by atoms with E-state index in [0.717, 1.165) is 46.4 Å². The van der Waals surface area contributed by atoms with Crippen LogP contribution in [0.3, 0.4) is 0 Å². The van der Waals surface area contributed by atoms with E-state index in [1.165, 1.54) is 24.4 Å². The lowest BCUT2D eigenvalue weighted by Gasteiger charge is -2.42. The Balaban J connectivity index is 1.44. The van der Waals surface area contributed by atoms with Crippen LogP contribution in [0.2, 0.25) is 0 Å². The molecule has 16 heteroatoms. The van der Waals surface area contributed by atoms with Crippen molar-refractivity contribution in [2.75, 3.05) is 20.6 Å². The summed E-state index contributed by atoms with van der Waals surface area (Å²) in [5.41, 5.74) is 2.27. The van der Waals surface area contributed by atoms with Gasteiger partial charge in [0.1, 0.15) is 35.8 Å². The number of nitrogens with zero attached hydrogens (tertiary/aromatic N) is 3. The average molecular weight is 916 g/mol. The largest absolute Gasteiger partial charge is 0.480 e. The smallest absolute Gasteiger partial charge is 0.410 e. The molecule has 0 aromatic heterocycles. The SMILES string of the molecule is CNC(C)C(=O)NC(C(=O)N1Cc2cc(C3CC(C(=O)O)N(C(=O)C(NC(=O)C(C)N(C)C(=O)OC(C)(C)C)C(C)(C)C)C3)ccc2CC1C(=O)NC1CCCc2ccccc21)C(C)(C)C. The van der Waals surface area contributed by atoms with Crippen LogP contribution in [0.15, 0.2) is 42.5 Å². The second-order valence-electron chi connectivity index (χ2n) is 21.5. The number of aryl methyl sites for hydroxylation is 1. The molecular weight excluding hydrogens is 843 g/mol. The zero-order valence-corrected chi connectivity index (χ0v) is 41.2. The van der Waals surface area contributed by atoms with Crippen LogP contribution >= 0.6 is 0 Å². The van der Waals surface area contributed by atoms with Gasteiger partial charge in [0.15, 0.2) is 0 Å². The molecule has 0 saturated carbocycles. The molecule has 2 aromatic carbocycles. The molecule has 3 aliphatic rings. The van der Waals surface area contributed by atoms with Crippen molar-refractivity contribution >= 4 is 41.6 Å². The molecule has 1 fully saturated rings. The van der Waals surface area contributed by atoms with Crippen LogP contribution in [-0.4, -0.2) is 124 Å². The van der Waals surface area contributed by atoms with Gasteiger partial charge in [-0.3, -0.25) is 28.9 Å². The maximum absolute atomic E-state index is 14.9. The molecule has 1 aliphatic carbocycles. The van der Waals surface area contributed by atoms with Gasteiger partial charge in [-0.2, -0.15) is 0 Å². The number of carbonyl (C=O) groups excluding carboxylic acids is 6. The molecule has 0 radical (unpaired) electrons. The predicted molar refractivity (Wildman–Crippen MR) is 250 cm³/mol. The second kappa shape index (κ2) is 20.2. The number of amides is 6. The van der Waals surface area contributed by atoms with Crippen molar-refractivity contribution < 1.29 is 43.4 Å². The number of carbonyl (C=O) groups is 7. The van der Waals surface area contributed by atoms with Crippen molar-refractivity contribution in [3.05, 3.63) is 70.3 Å². The minimum atomic E-state index is -1.20. The number of rotatable bonds is 12. The normalized spacial score (nSPS) is 21.5. The predicted octanol–water partition coefficient (Wildman–Crippen LogP) is 4.83. The maximum atomic E-state index is 14.9. The lowest BCUT2D eigenvalue weighted by molar-refractivity contribution is -0.151. The Hall–Kier alpha value is -5.51. The number of likely N-dealkylation sites (tertiary alicyclic amines) is 1. The van der Waals surface area contributed by atoms with Crippen molar-refractivity contribution in [1.82, 2.24) is 36.0 Å². The summed E-state index contributed by atoms with van der Waals surface area (Å²) in [6, 6.07) is 7.82. The molecule has 16 nitrogen and oxygen atoms in total. The first-order valence-electron chi connectivity index (χ1n) is 23.2. The van der Waals surface area contributed by atoms with Gasteiger partial charge in [-0.05, 0) is 106 Å². The van der Waals surface area contributed by atoms with E-state index in [1.54, 1.807) is 60.4 Å². The molecule has 2 aliphatic heterocycles. The quantitative estimate of drug-likeness (QED) is 0.196. The van der Waals surface area contributed by atoms with Crippen molar-refractivity contribution in [2.24, 2.45) is 10.8 Å². The molecule has 5 N–H and O–H groups in total. The summed E-state index contributed by atoms with van der Waals surface area (Å²) in [6.07, 6.45) is 2.19. The van der Waals surface area contributed by atoms with Gasteiger partial charge >= 0.3 is 12.1 Å². The lowest BCUT2D eigenvalue weighted by Crippen LogP contribution is -2.62. The highest BCUT2D eigenvalue weighted by Crippen LogP contribution is 2.38. The molecule has 8 atom stereocenters. The van der Waals surface area contributed by atoms with Crippen molar-refractivity contribution in [3.8, 4) is 0 Å². The van der Waals surface area contributed by atoms with Gasteiger partial charge in [0.25, 0.3) is 0 Å². The molecule has 0 spiro atoms. The van der Waals surface area contributed by atoms with Crippen molar-refractivity contribution in [3.63, 3.8) is 0 Å². The van der Waals surface area contributed by atoms with Crippen LogP contribution in [-0.2, 0) is 52.9 Å². The number of hydrogen-bond donors (Lipinski definition) is 5. The van der Waals surface area contributed by atoms with Crippen LogP contribution in [0.5, 0.6) is 0 Å². The van der Waals surface area contributed by atoms with Crippen LogP contribution in [0, 0.1) is 10.8 Å². The average Bonchev–Trinajstić information content (AvgIpc) is 3.70. The number of benzene rings is 2. The first-order valence-corrected chi connectivity index (χ1v) is 23.2. The van der Waals surface area contributed by atoms with Gasteiger partial charge in [-0.15, -0.1) is 0 Å². The Morgan fingerprint density at radius 1 is 0.788 bits per heavy atom. The lowest BCUT2D eigenvalue weighted by atomic mass is 9.83. The number of ether oxygens (including phenoxy) is 1. The number of carboxylic acid groups (broad SMARTS) is 1. The molecular formula is C50H73N7O9. The highest BCUT2D eigenvalue weighted by atomic mass is 16.6. The van der Waals surface area contributed by atoms with E-state index in [1.807, 2.05) is 57.2 Å². The monoisotopic (exact) mass is 916 g/mol. The molecule has 5 rings (SSSR count). The topological polar surface area (TPSA) is 207 Å². The number of nitrogens with one attached hydrogen (secondary N) is 4. The van der Waals surface area contributed by atoms with Crippen molar-refractivity contribution in [2.45, 2.75) is 169 Å². The molecule has 0 bridgehead atoms. The van der Waals surface area contributed by atoms with E-state index >= 15 is 0 Å². The Morgan fingerprint density at radius 2 is 1.39 bits per heavy atom. The summed E-state index contributed by atoms with van der Waals surface area (Å²) < 4.78 is 5.43. The molecule has 6 amide bonds. The fourth-order valence-corrected chi connectivity index (χ4v) is 9.01. The van der Waals surface area contributed by atoms with Gasteiger partial charge in [0, 0.05) is 32.5 Å². The van der Waals surface area contributed by atoms with Gasteiger partial charge in [0.2, 0.25) is 29.5 Å². The van der Waals surface area contributed by atoms with E-state index in [2.05, 4.69) is 27.3 Å². The number of hydrogen-bond acceptors (Lipinski definition) is 9. The third-order valence-electron chi connectivity index (χ3n) is 13.2. The molecule has 1 saturated heterocycles. The zero-order valence-electron chi connectivity index (χ0n) is 41.2. The first-order chi connectivity index (χ1) is 30.6. The molecule has 2 aromatic rings. The highest BCUT2D eigenvalue weighted by molar-refractivity contribution is 5.95. The molecule has 2 heterocycles. The van der Waals surface area contributed by atoms with Crippen molar-refractivity contribution in [1.29, 1.82) is 0 Å². The van der Waals surface area contributed by atoms with Gasteiger partial charge in [-0.25, -0.2) is 9.59 Å². The van der Waals surface area contributed by atoms with E-state index < -0.39 is 88.4 Å². The summed E-state index contributed by atoms with van der Waals surface area (Å²) in [4.78, 5) is 101. The second-order valence-corrected chi connectivity index (χ2v) is 21.5. The summed E-state index contributed by atoms with van der Waals surface area (Å²) in [7, 11) is 3.10. The van der Waals surface area contributed by atoms with Gasteiger partial charge in [-0.1, -0.05) is 84.0 Å². The summed E-state index contributed by atoms with van der Waals surface area (Å²) >= 11 is 0. The Kier molecular flexibility index (Phi) is 15.7. The fourth-order valence-electron chi connectivity index (χ4n) is 9.01. The number of aliphatic carboxylic acids is 1. The Bertz CT molecular complexity index is 2170.